The van der Waals surface area contributed by atoms with Crippen molar-refractivity contribution in [3.8, 4) is 0 Å². The van der Waals surface area contributed by atoms with Gasteiger partial charge < -0.3 is 14.8 Å². The van der Waals surface area contributed by atoms with Gasteiger partial charge in [0.05, 0.1) is 19.1 Å². The van der Waals surface area contributed by atoms with Gasteiger partial charge in [-0.15, -0.1) is 0 Å². The first kappa shape index (κ1) is 18.2. The van der Waals surface area contributed by atoms with E-state index in [9.17, 15) is 4.79 Å². The van der Waals surface area contributed by atoms with Crippen LogP contribution in [-0.4, -0.2) is 37.3 Å². The van der Waals surface area contributed by atoms with E-state index in [1.165, 1.54) is 31.2 Å². The largest absolute Gasteiger partial charge is 0.469 e. The van der Waals surface area contributed by atoms with Crippen molar-refractivity contribution in [2.24, 2.45) is 11.8 Å². The molecule has 0 saturated heterocycles. The lowest BCUT2D eigenvalue weighted by atomic mass is 9.79. The molecule has 0 amide bonds. The minimum Gasteiger partial charge on any atom is -0.469 e. The molecule has 1 N–H and O–H groups in total. The van der Waals surface area contributed by atoms with E-state index in [1.54, 1.807) is 0 Å². The molecule has 5 heteroatoms. The van der Waals surface area contributed by atoms with Crippen LogP contribution < -0.4 is 5.32 Å². The zero-order valence-electron chi connectivity index (χ0n) is 15.4. The lowest BCUT2D eigenvalue weighted by Crippen LogP contribution is -2.32. The number of nitrogens with one attached hydrogen (secondary N) is 1. The van der Waals surface area contributed by atoms with Gasteiger partial charge >= 0.3 is 5.97 Å². The third-order valence-electron chi connectivity index (χ3n) is 5.46. The summed E-state index contributed by atoms with van der Waals surface area (Å²) in [6.45, 7) is 3.57. The molecule has 1 aromatic rings. The third kappa shape index (κ3) is 4.94. The molecule has 3 rings (SSSR count). The normalized spacial score (nSPS) is 23.1. The fraction of sp³-hybridized carbons (Fsp3) is 0.700. The molecule has 2 aliphatic rings. The number of ether oxygens (including phenoxy) is 2. The van der Waals surface area contributed by atoms with Crippen molar-refractivity contribution < 1.29 is 14.3 Å². The first-order valence-corrected chi connectivity index (χ1v) is 9.57. The van der Waals surface area contributed by atoms with Crippen LogP contribution in [0.3, 0.4) is 0 Å². The predicted octanol–water partition coefficient (Wildman–Crippen LogP) is 3.37. The molecule has 1 aromatic heterocycles. The fourth-order valence-corrected chi connectivity index (χ4v) is 3.64. The van der Waals surface area contributed by atoms with Crippen LogP contribution in [0.2, 0.25) is 0 Å². The summed E-state index contributed by atoms with van der Waals surface area (Å²) in [7, 11) is 1.43. The van der Waals surface area contributed by atoms with Crippen molar-refractivity contribution >= 4 is 11.8 Å². The average Bonchev–Trinajstić information content (AvgIpc) is 2.61. The van der Waals surface area contributed by atoms with Crippen molar-refractivity contribution in [2.75, 3.05) is 25.6 Å². The molecule has 1 saturated carbocycles. The zero-order valence-corrected chi connectivity index (χ0v) is 15.4. The van der Waals surface area contributed by atoms with E-state index in [0.29, 0.717) is 12.7 Å². The molecule has 1 unspecified atom stereocenters. The Bertz CT molecular complexity index is 584. The Morgan fingerprint density at radius 2 is 2.24 bits per heavy atom. The SMILES string of the molecule is COC(=O)C(C)CCO[C@H]1C[C@@H](CCc2ccc3c(n2)NCCC3)C1. The highest BCUT2D eigenvalue weighted by Crippen LogP contribution is 2.34. The maximum Gasteiger partial charge on any atom is 0.308 e. The summed E-state index contributed by atoms with van der Waals surface area (Å²) in [6, 6.07) is 4.42. The van der Waals surface area contributed by atoms with Crippen LogP contribution >= 0.6 is 0 Å². The van der Waals surface area contributed by atoms with Crippen molar-refractivity contribution in [2.45, 2.75) is 58.0 Å². The summed E-state index contributed by atoms with van der Waals surface area (Å²) in [5.41, 5.74) is 2.55. The number of esters is 1. The van der Waals surface area contributed by atoms with Gasteiger partial charge in [-0.2, -0.15) is 0 Å². The minimum atomic E-state index is -0.151. The molecular formula is C20H30N2O3. The topological polar surface area (TPSA) is 60.5 Å². The Morgan fingerprint density at radius 3 is 3.04 bits per heavy atom. The molecule has 0 bridgehead atoms. The highest BCUT2D eigenvalue weighted by molar-refractivity contribution is 5.71. The van der Waals surface area contributed by atoms with Gasteiger partial charge in [-0.3, -0.25) is 4.79 Å². The van der Waals surface area contributed by atoms with Gasteiger partial charge in [0, 0.05) is 18.8 Å². The van der Waals surface area contributed by atoms with E-state index >= 15 is 0 Å². The Kier molecular flexibility index (Phi) is 6.29. The smallest absolute Gasteiger partial charge is 0.308 e. The number of pyridine rings is 1. The van der Waals surface area contributed by atoms with Crippen molar-refractivity contribution in [3.05, 3.63) is 23.4 Å². The maximum absolute atomic E-state index is 11.3. The first-order chi connectivity index (χ1) is 12.2. The second kappa shape index (κ2) is 8.65. The van der Waals surface area contributed by atoms with Crippen LogP contribution in [-0.2, 0) is 27.1 Å². The van der Waals surface area contributed by atoms with Gasteiger partial charge in [-0.1, -0.05) is 13.0 Å². The molecule has 1 atom stereocenters. The molecule has 1 aliphatic heterocycles. The number of methoxy groups -OCH3 is 1. The molecular weight excluding hydrogens is 316 g/mol. The van der Waals surface area contributed by atoms with Crippen LogP contribution in [0.1, 0.15) is 50.3 Å². The van der Waals surface area contributed by atoms with Gasteiger partial charge in [0.25, 0.3) is 0 Å². The number of nitrogens with zero attached hydrogens (tertiary/aromatic N) is 1. The summed E-state index contributed by atoms with van der Waals surface area (Å²) < 4.78 is 10.6. The number of fused-ring (bicyclic) bond motifs is 1. The summed E-state index contributed by atoms with van der Waals surface area (Å²) in [4.78, 5) is 16.1. The standard InChI is InChI=1S/C20H30N2O3/c1-14(20(23)24-2)9-11-25-18-12-15(13-18)5-7-17-8-6-16-4-3-10-21-19(16)22-17/h6,8,14-15,18H,3-5,7,9-13H2,1-2H3,(H,21,22)/t14?,15-,18+. The zero-order chi connectivity index (χ0) is 17.6. The molecule has 138 valence electrons. The van der Waals surface area contributed by atoms with Gasteiger partial charge in [0.2, 0.25) is 0 Å². The monoisotopic (exact) mass is 346 g/mol. The Hall–Kier alpha value is -1.62. The number of aromatic nitrogens is 1. The highest BCUT2D eigenvalue weighted by atomic mass is 16.5. The van der Waals surface area contributed by atoms with E-state index in [4.69, 9.17) is 14.5 Å². The van der Waals surface area contributed by atoms with Crippen molar-refractivity contribution in [1.29, 1.82) is 0 Å². The van der Waals surface area contributed by atoms with Gasteiger partial charge in [0.15, 0.2) is 0 Å². The van der Waals surface area contributed by atoms with Crippen molar-refractivity contribution in [3.63, 3.8) is 0 Å². The quantitative estimate of drug-likeness (QED) is 0.731. The Labute approximate surface area is 150 Å². The molecule has 2 heterocycles. The highest BCUT2D eigenvalue weighted by Gasteiger charge is 2.29. The summed E-state index contributed by atoms with van der Waals surface area (Å²) in [5.74, 6) is 1.61. The number of hydrogen-bond donors (Lipinski definition) is 1. The molecule has 1 aliphatic carbocycles. The van der Waals surface area contributed by atoms with E-state index in [-0.39, 0.29) is 11.9 Å². The van der Waals surface area contributed by atoms with E-state index in [1.807, 2.05) is 6.92 Å². The second-order valence-electron chi connectivity index (χ2n) is 7.42. The molecule has 0 aromatic carbocycles. The molecule has 0 spiro atoms. The van der Waals surface area contributed by atoms with Crippen LogP contribution in [0.4, 0.5) is 5.82 Å². The van der Waals surface area contributed by atoms with Gasteiger partial charge in [-0.25, -0.2) is 4.98 Å². The second-order valence-corrected chi connectivity index (χ2v) is 7.42. The van der Waals surface area contributed by atoms with Crippen molar-refractivity contribution in [1.82, 2.24) is 4.98 Å². The summed E-state index contributed by atoms with van der Waals surface area (Å²) in [5, 5.41) is 3.41. The first-order valence-electron chi connectivity index (χ1n) is 9.57. The molecule has 25 heavy (non-hydrogen) atoms. The lowest BCUT2D eigenvalue weighted by Gasteiger charge is -2.35. The number of rotatable bonds is 8. The number of hydrogen-bond acceptors (Lipinski definition) is 5. The summed E-state index contributed by atoms with van der Waals surface area (Å²) in [6.07, 6.45) is 7.95. The maximum atomic E-state index is 11.3. The van der Waals surface area contributed by atoms with Crippen LogP contribution in [0.5, 0.6) is 0 Å². The number of anilines is 1. The predicted molar refractivity (Wildman–Crippen MR) is 97.6 cm³/mol. The lowest BCUT2D eigenvalue weighted by molar-refractivity contribution is -0.146. The van der Waals surface area contributed by atoms with Gasteiger partial charge in [0.1, 0.15) is 5.82 Å². The number of aryl methyl sites for hydroxylation is 2. The Balaban J connectivity index is 1.31. The number of carbonyl (C=O) groups is 1. The van der Waals surface area contributed by atoms with Gasteiger partial charge in [-0.05, 0) is 62.5 Å². The van der Waals surface area contributed by atoms with Crippen LogP contribution in [0, 0.1) is 11.8 Å². The molecule has 5 nitrogen and oxygen atoms in total. The summed E-state index contributed by atoms with van der Waals surface area (Å²) >= 11 is 0. The minimum absolute atomic E-state index is 0.0791. The van der Waals surface area contributed by atoms with E-state index < -0.39 is 0 Å². The van der Waals surface area contributed by atoms with E-state index in [2.05, 4.69) is 17.4 Å². The fourth-order valence-electron chi connectivity index (χ4n) is 3.64. The third-order valence-corrected chi connectivity index (χ3v) is 5.46. The Morgan fingerprint density at radius 1 is 1.40 bits per heavy atom. The van der Waals surface area contributed by atoms with E-state index in [0.717, 1.165) is 50.4 Å². The average molecular weight is 346 g/mol. The number of carbonyl (C=O) groups excluding carboxylic acids is 1. The molecule has 0 radical (unpaired) electrons. The molecule has 1 fully saturated rings. The van der Waals surface area contributed by atoms with Crippen LogP contribution in [0.15, 0.2) is 12.1 Å². The van der Waals surface area contributed by atoms with Crippen LogP contribution in [0.25, 0.3) is 0 Å².